The molecule has 0 spiro atoms. The molecule has 1 aromatic heterocycles. The molecule has 3 rings (SSSR count). The van der Waals surface area contributed by atoms with Gasteiger partial charge in [0.25, 0.3) is 0 Å². The van der Waals surface area contributed by atoms with E-state index in [2.05, 4.69) is 22.4 Å². The number of pyridine rings is 1. The molecule has 1 fully saturated rings. The fourth-order valence-corrected chi connectivity index (χ4v) is 2.27. The molecule has 0 amide bonds. The van der Waals surface area contributed by atoms with Gasteiger partial charge < -0.3 is 5.32 Å². The van der Waals surface area contributed by atoms with Crippen molar-refractivity contribution in [3.8, 4) is 6.07 Å². The number of nitrogens with one attached hydrogen (secondary N) is 1. The Morgan fingerprint density at radius 3 is 3.00 bits per heavy atom. The van der Waals surface area contributed by atoms with E-state index >= 15 is 0 Å². The van der Waals surface area contributed by atoms with E-state index in [0.29, 0.717) is 17.5 Å². The smallest absolute Gasteiger partial charge is 0.101 e. The van der Waals surface area contributed by atoms with Crippen molar-refractivity contribution in [2.45, 2.75) is 12.5 Å². The Morgan fingerprint density at radius 1 is 1.47 bits per heavy atom. The second kappa shape index (κ2) is 3.18. The highest BCUT2D eigenvalue weighted by molar-refractivity contribution is 5.69. The lowest BCUT2D eigenvalue weighted by atomic mass is 9.95. The van der Waals surface area contributed by atoms with Crippen molar-refractivity contribution in [1.29, 1.82) is 5.26 Å². The lowest BCUT2D eigenvalue weighted by molar-refractivity contribution is 0.306. The molecule has 1 N–H and O–H groups in total. The van der Waals surface area contributed by atoms with E-state index in [0.717, 1.165) is 18.5 Å². The topological polar surface area (TPSA) is 48.7 Å². The second-order valence-electron chi connectivity index (χ2n) is 4.15. The average molecular weight is 197 g/mol. The van der Waals surface area contributed by atoms with Gasteiger partial charge in [-0.1, -0.05) is 6.08 Å². The minimum absolute atomic E-state index is 0.630. The fourth-order valence-electron chi connectivity index (χ4n) is 2.27. The zero-order valence-electron chi connectivity index (χ0n) is 8.27. The minimum Gasteiger partial charge on any atom is -0.312 e. The zero-order valence-corrected chi connectivity index (χ0v) is 8.27. The van der Waals surface area contributed by atoms with Crippen molar-refractivity contribution >= 4 is 5.57 Å². The van der Waals surface area contributed by atoms with Gasteiger partial charge >= 0.3 is 0 Å². The Labute approximate surface area is 88.4 Å². The summed E-state index contributed by atoms with van der Waals surface area (Å²) in [6, 6.07) is 4.67. The molecule has 1 aliphatic carbocycles. The Balaban J connectivity index is 1.93. The van der Waals surface area contributed by atoms with Crippen LogP contribution < -0.4 is 5.32 Å². The van der Waals surface area contributed by atoms with Crippen LogP contribution in [0.1, 0.15) is 17.5 Å². The van der Waals surface area contributed by atoms with Crippen LogP contribution in [0, 0.1) is 17.2 Å². The number of nitrogens with zero attached hydrogens (tertiary/aromatic N) is 2. The predicted molar refractivity (Wildman–Crippen MR) is 56.8 cm³/mol. The highest BCUT2D eigenvalue weighted by Crippen LogP contribution is 2.35. The van der Waals surface area contributed by atoms with E-state index in [1.165, 1.54) is 5.57 Å². The second-order valence-corrected chi connectivity index (χ2v) is 4.15. The number of hydrogen-bond donors (Lipinski definition) is 1. The van der Waals surface area contributed by atoms with Gasteiger partial charge in [-0.05, 0) is 23.6 Å². The molecule has 1 saturated heterocycles. The summed E-state index contributed by atoms with van der Waals surface area (Å²) >= 11 is 0. The summed E-state index contributed by atoms with van der Waals surface area (Å²) in [5, 5.41) is 12.2. The molecule has 3 heteroatoms. The molecule has 2 heterocycles. The zero-order chi connectivity index (χ0) is 10.3. The molecule has 0 bridgehead atoms. The molecule has 0 saturated carbocycles. The summed E-state index contributed by atoms with van der Waals surface area (Å²) in [6.45, 7) is 1.10. The van der Waals surface area contributed by atoms with Crippen LogP contribution >= 0.6 is 0 Å². The molecule has 1 aliphatic heterocycles. The van der Waals surface area contributed by atoms with Crippen LogP contribution in [0.5, 0.6) is 0 Å². The van der Waals surface area contributed by atoms with Crippen LogP contribution in [0.25, 0.3) is 5.57 Å². The Morgan fingerprint density at radius 2 is 2.40 bits per heavy atom. The van der Waals surface area contributed by atoms with E-state index in [1.54, 1.807) is 6.20 Å². The van der Waals surface area contributed by atoms with Crippen molar-refractivity contribution < 1.29 is 0 Å². The molecule has 74 valence electrons. The summed E-state index contributed by atoms with van der Waals surface area (Å²) in [7, 11) is 0. The van der Waals surface area contributed by atoms with Gasteiger partial charge in [0.1, 0.15) is 6.07 Å². The highest BCUT2D eigenvalue weighted by Gasteiger charge is 2.34. The largest absolute Gasteiger partial charge is 0.312 e. The van der Waals surface area contributed by atoms with Crippen molar-refractivity contribution in [2.24, 2.45) is 5.92 Å². The Hall–Kier alpha value is -1.66. The van der Waals surface area contributed by atoms with Gasteiger partial charge in [-0.3, -0.25) is 4.98 Å². The van der Waals surface area contributed by atoms with E-state index in [9.17, 15) is 0 Å². The van der Waals surface area contributed by atoms with Gasteiger partial charge in [-0.15, -0.1) is 0 Å². The summed E-state index contributed by atoms with van der Waals surface area (Å²) < 4.78 is 0. The van der Waals surface area contributed by atoms with Crippen LogP contribution in [0.15, 0.2) is 24.5 Å². The fraction of sp³-hybridized carbons (Fsp3) is 0.333. The molecule has 0 aromatic carbocycles. The lowest BCUT2D eigenvalue weighted by Gasteiger charge is -2.31. The van der Waals surface area contributed by atoms with Crippen LogP contribution in [0.2, 0.25) is 0 Å². The van der Waals surface area contributed by atoms with Crippen LogP contribution in [-0.4, -0.2) is 17.6 Å². The van der Waals surface area contributed by atoms with Crippen LogP contribution in [-0.2, 0) is 0 Å². The van der Waals surface area contributed by atoms with Crippen molar-refractivity contribution in [2.75, 3.05) is 6.54 Å². The summed E-state index contributed by atoms with van der Waals surface area (Å²) in [6.07, 6.45) is 6.84. The van der Waals surface area contributed by atoms with Crippen LogP contribution in [0.3, 0.4) is 0 Å². The number of fused-ring (bicyclic) bond motifs is 1. The monoisotopic (exact) mass is 197 g/mol. The molecule has 3 nitrogen and oxygen atoms in total. The third-order valence-electron chi connectivity index (χ3n) is 3.23. The van der Waals surface area contributed by atoms with E-state index in [-0.39, 0.29) is 0 Å². The maximum absolute atomic E-state index is 8.80. The Kier molecular flexibility index (Phi) is 1.83. The number of aromatic nitrogens is 1. The number of rotatable bonds is 1. The lowest BCUT2D eigenvalue weighted by Crippen LogP contribution is -2.49. The maximum Gasteiger partial charge on any atom is 0.101 e. The SMILES string of the molecule is N#Cc1cncc(C2=CC3CNC3C2)c1. The van der Waals surface area contributed by atoms with Gasteiger partial charge in [0, 0.05) is 30.9 Å². The van der Waals surface area contributed by atoms with E-state index in [1.807, 2.05) is 12.3 Å². The van der Waals surface area contributed by atoms with Crippen LogP contribution in [0.4, 0.5) is 0 Å². The van der Waals surface area contributed by atoms with Gasteiger partial charge in [-0.25, -0.2) is 0 Å². The first kappa shape index (κ1) is 8.63. The van der Waals surface area contributed by atoms with Gasteiger partial charge in [0.05, 0.1) is 5.56 Å². The number of hydrogen-bond acceptors (Lipinski definition) is 3. The molecule has 1 aromatic rings. The number of nitriles is 1. The quantitative estimate of drug-likeness (QED) is 0.738. The molecule has 2 atom stereocenters. The third kappa shape index (κ3) is 1.34. The minimum atomic E-state index is 0.630. The summed E-state index contributed by atoms with van der Waals surface area (Å²) in [5.41, 5.74) is 3.07. The average Bonchev–Trinajstić information content (AvgIpc) is 2.55. The summed E-state index contributed by atoms with van der Waals surface area (Å²) in [5.74, 6) is 0.700. The third-order valence-corrected chi connectivity index (χ3v) is 3.23. The molecule has 2 unspecified atom stereocenters. The molecule has 2 aliphatic rings. The normalized spacial score (nSPS) is 27.5. The molecular weight excluding hydrogens is 186 g/mol. The van der Waals surface area contributed by atoms with E-state index in [4.69, 9.17) is 5.26 Å². The standard InChI is InChI=1S/C12H11N3/c13-4-8-1-10(6-14-5-8)9-2-11-7-15-12(11)3-9/h1-2,5-6,11-12,15H,3,7H2. The first-order valence-electron chi connectivity index (χ1n) is 5.16. The first-order valence-corrected chi connectivity index (χ1v) is 5.16. The van der Waals surface area contributed by atoms with Gasteiger partial charge in [0.15, 0.2) is 0 Å². The molecular formula is C12H11N3. The van der Waals surface area contributed by atoms with Crippen molar-refractivity contribution in [3.05, 3.63) is 35.7 Å². The van der Waals surface area contributed by atoms with Gasteiger partial charge in [0.2, 0.25) is 0 Å². The summed E-state index contributed by atoms with van der Waals surface area (Å²) in [4.78, 5) is 4.09. The predicted octanol–water partition coefficient (Wildman–Crippen LogP) is 1.33. The highest BCUT2D eigenvalue weighted by atomic mass is 15.0. The maximum atomic E-state index is 8.80. The molecule has 15 heavy (non-hydrogen) atoms. The van der Waals surface area contributed by atoms with Crippen molar-refractivity contribution in [3.63, 3.8) is 0 Å². The van der Waals surface area contributed by atoms with Crippen molar-refractivity contribution in [1.82, 2.24) is 10.3 Å². The molecule has 0 radical (unpaired) electrons. The van der Waals surface area contributed by atoms with E-state index < -0.39 is 0 Å². The first-order chi connectivity index (χ1) is 7.36. The van der Waals surface area contributed by atoms with Gasteiger partial charge in [-0.2, -0.15) is 5.26 Å². The Bertz CT molecular complexity index is 470.